The summed E-state index contributed by atoms with van der Waals surface area (Å²) in [5.41, 5.74) is 0. The van der Waals surface area contributed by atoms with E-state index in [1.807, 2.05) is 0 Å². The maximum atomic E-state index is 11.4. The van der Waals surface area contributed by atoms with Crippen molar-refractivity contribution >= 4 is 16.1 Å². The van der Waals surface area contributed by atoms with Crippen LogP contribution in [0.3, 0.4) is 0 Å². The molecule has 1 aromatic rings. The van der Waals surface area contributed by atoms with Gasteiger partial charge < -0.3 is 0 Å². The van der Waals surface area contributed by atoms with Crippen molar-refractivity contribution in [2.45, 2.75) is 18.2 Å². The van der Waals surface area contributed by atoms with Gasteiger partial charge in [-0.1, -0.05) is 25.1 Å². The fraction of sp³-hybridized carbons (Fsp3) is 0.222. The van der Waals surface area contributed by atoms with Gasteiger partial charge >= 0.3 is 16.1 Å². The second-order valence-corrected chi connectivity index (χ2v) is 4.16. The Labute approximate surface area is 87.7 Å². The normalized spacial score (nSPS) is 11.0. The van der Waals surface area contributed by atoms with Gasteiger partial charge in [0.2, 0.25) is 0 Å². The van der Waals surface area contributed by atoms with Crippen LogP contribution >= 0.6 is 0 Å². The molecule has 5 nitrogen and oxygen atoms in total. The van der Waals surface area contributed by atoms with Gasteiger partial charge in [0.05, 0.1) is 4.90 Å². The van der Waals surface area contributed by atoms with Crippen LogP contribution in [-0.2, 0) is 24.1 Å². The van der Waals surface area contributed by atoms with E-state index in [4.69, 9.17) is 0 Å². The van der Waals surface area contributed by atoms with E-state index < -0.39 is 16.1 Å². The van der Waals surface area contributed by atoms with Crippen LogP contribution in [0.5, 0.6) is 0 Å². The van der Waals surface area contributed by atoms with Gasteiger partial charge in [-0.15, -0.1) is 0 Å². The quantitative estimate of drug-likeness (QED) is 0.575. The molecular weight excluding hydrogens is 220 g/mol. The zero-order valence-electron chi connectivity index (χ0n) is 8.04. The monoisotopic (exact) mass is 230 g/mol. The maximum Gasteiger partial charge on any atom is 0.343 e. The third kappa shape index (κ3) is 3.34. The molecule has 0 saturated heterocycles. The van der Waals surface area contributed by atoms with Crippen molar-refractivity contribution in [3.63, 3.8) is 0 Å². The number of benzene rings is 1. The number of hydrogen-bond acceptors (Lipinski definition) is 5. The zero-order chi connectivity index (χ0) is 11.3. The molecule has 0 amide bonds. The molecule has 0 aliphatic rings. The van der Waals surface area contributed by atoms with Crippen molar-refractivity contribution in [1.29, 1.82) is 0 Å². The Kier molecular flexibility index (Phi) is 3.81. The maximum absolute atomic E-state index is 11.4. The molecule has 6 heteroatoms. The summed E-state index contributed by atoms with van der Waals surface area (Å²) in [7, 11) is -4.01. The minimum atomic E-state index is -4.01. The van der Waals surface area contributed by atoms with Gasteiger partial charge in [0.1, 0.15) is 0 Å². The van der Waals surface area contributed by atoms with Crippen molar-refractivity contribution < 1.29 is 22.4 Å². The molecule has 0 radical (unpaired) electrons. The van der Waals surface area contributed by atoms with E-state index in [-0.39, 0.29) is 11.3 Å². The van der Waals surface area contributed by atoms with Crippen LogP contribution in [0.4, 0.5) is 0 Å². The summed E-state index contributed by atoms with van der Waals surface area (Å²) < 4.78 is 26.8. The van der Waals surface area contributed by atoms with Gasteiger partial charge in [0.15, 0.2) is 0 Å². The zero-order valence-corrected chi connectivity index (χ0v) is 8.86. The van der Waals surface area contributed by atoms with E-state index in [0.29, 0.717) is 0 Å². The van der Waals surface area contributed by atoms with E-state index in [0.717, 1.165) is 0 Å². The second-order valence-electron chi connectivity index (χ2n) is 2.64. The highest BCUT2D eigenvalue weighted by Gasteiger charge is 2.17. The van der Waals surface area contributed by atoms with Crippen LogP contribution in [0.1, 0.15) is 13.3 Å². The highest BCUT2D eigenvalue weighted by atomic mass is 32.2. The fourth-order valence-electron chi connectivity index (χ4n) is 0.768. The van der Waals surface area contributed by atoms with Crippen LogP contribution in [-0.4, -0.2) is 14.4 Å². The average Bonchev–Trinajstić information content (AvgIpc) is 2.27. The van der Waals surface area contributed by atoms with Crippen LogP contribution in [0, 0.1) is 0 Å². The highest BCUT2D eigenvalue weighted by Crippen LogP contribution is 2.11. The number of carbonyl (C=O) groups excluding carboxylic acids is 1. The Morgan fingerprint density at radius 1 is 1.27 bits per heavy atom. The molecule has 0 aliphatic carbocycles. The lowest BCUT2D eigenvalue weighted by Gasteiger charge is -2.02. The fourth-order valence-corrected chi connectivity index (χ4v) is 1.50. The Morgan fingerprint density at radius 3 is 2.40 bits per heavy atom. The first-order chi connectivity index (χ1) is 7.06. The standard InChI is InChI=1S/C9H10O5S/c1-2-9(10)13-14-15(11,12)8-6-4-3-5-7-8/h3-7H,2H2,1H3. The van der Waals surface area contributed by atoms with Gasteiger partial charge in [0, 0.05) is 6.42 Å². The molecule has 0 atom stereocenters. The van der Waals surface area contributed by atoms with Gasteiger partial charge in [-0.2, -0.15) is 8.42 Å². The average molecular weight is 230 g/mol. The molecule has 0 saturated carbocycles. The molecule has 0 heterocycles. The third-order valence-electron chi connectivity index (χ3n) is 1.54. The highest BCUT2D eigenvalue weighted by molar-refractivity contribution is 7.86. The van der Waals surface area contributed by atoms with Crippen molar-refractivity contribution in [3.8, 4) is 0 Å². The number of hydrogen-bond donors (Lipinski definition) is 0. The van der Waals surface area contributed by atoms with Crippen LogP contribution in [0.15, 0.2) is 35.2 Å². The molecule has 0 aliphatic heterocycles. The van der Waals surface area contributed by atoms with Crippen molar-refractivity contribution in [1.82, 2.24) is 0 Å². The molecule has 0 bridgehead atoms. The Morgan fingerprint density at radius 2 is 1.87 bits per heavy atom. The molecule has 82 valence electrons. The van der Waals surface area contributed by atoms with Gasteiger partial charge in [-0.25, -0.2) is 4.79 Å². The summed E-state index contributed by atoms with van der Waals surface area (Å²) in [6, 6.07) is 7.43. The molecule has 1 rings (SSSR count). The van der Waals surface area contributed by atoms with E-state index >= 15 is 0 Å². The molecule has 0 N–H and O–H groups in total. The Bertz CT molecular complexity index is 423. The van der Waals surface area contributed by atoms with Crippen LogP contribution in [0.25, 0.3) is 0 Å². The Hall–Kier alpha value is -1.40. The summed E-state index contributed by atoms with van der Waals surface area (Å²) >= 11 is 0. The minimum absolute atomic E-state index is 0.0459. The van der Waals surface area contributed by atoms with Crippen molar-refractivity contribution in [2.75, 3.05) is 0 Å². The van der Waals surface area contributed by atoms with E-state index in [1.165, 1.54) is 31.2 Å². The summed E-state index contributed by atoms with van der Waals surface area (Å²) in [5.74, 6) is -0.741. The molecular formula is C9H10O5S. The number of rotatable bonds is 4. The smallest absolute Gasteiger partial charge is 0.281 e. The van der Waals surface area contributed by atoms with E-state index in [9.17, 15) is 13.2 Å². The van der Waals surface area contributed by atoms with Crippen molar-refractivity contribution in [3.05, 3.63) is 30.3 Å². The first kappa shape index (κ1) is 11.7. The molecule has 0 fully saturated rings. The SMILES string of the molecule is CCC(=O)OOS(=O)(=O)c1ccccc1. The van der Waals surface area contributed by atoms with Crippen LogP contribution in [0.2, 0.25) is 0 Å². The van der Waals surface area contributed by atoms with Gasteiger partial charge in [-0.05, 0) is 16.5 Å². The molecule has 0 spiro atoms. The van der Waals surface area contributed by atoms with E-state index in [1.54, 1.807) is 6.07 Å². The lowest BCUT2D eigenvalue weighted by atomic mass is 10.4. The molecule has 0 aromatic heterocycles. The topological polar surface area (TPSA) is 69.7 Å². The van der Waals surface area contributed by atoms with Crippen molar-refractivity contribution in [2.24, 2.45) is 0 Å². The summed E-state index contributed by atoms with van der Waals surface area (Å²) in [5, 5.41) is 0. The molecule has 0 unspecified atom stereocenters. The molecule has 15 heavy (non-hydrogen) atoms. The third-order valence-corrected chi connectivity index (χ3v) is 2.63. The summed E-state index contributed by atoms with van der Waals surface area (Å²) in [6.45, 7) is 1.53. The lowest BCUT2D eigenvalue weighted by molar-refractivity contribution is -0.210. The Balaban J connectivity index is 2.73. The predicted molar refractivity (Wildman–Crippen MR) is 51.1 cm³/mol. The van der Waals surface area contributed by atoms with E-state index in [2.05, 4.69) is 9.22 Å². The van der Waals surface area contributed by atoms with Crippen LogP contribution < -0.4 is 0 Å². The second kappa shape index (κ2) is 4.90. The first-order valence-corrected chi connectivity index (χ1v) is 5.66. The first-order valence-electron chi connectivity index (χ1n) is 4.25. The number of carbonyl (C=O) groups is 1. The lowest BCUT2D eigenvalue weighted by Crippen LogP contribution is -2.11. The summed E-state index contributed by atoms with van der Waals surface area (Å²) in [6.07, 6.45) is 0.0459. The molecule has 1 aromatic carbocycles. The summed E-state index contributed by atoms with van der Waals surface area (Å²) in [4.78, 5) is 14.7. The minimum Gasteiger partial charge on any atom is -0.281 e. The van der Waals surface area contributed by atoms with Gasteiger partial charge in [0.25, 0.3) is 0 Å². The predicted octanol–water partition coefficient (Wildman–Crippen LogP) is 1.26. The largest absolute Gasteiger partial charge is 0.343 e. The van der Waals surface area contributed by atoms with Gasteiger partial charge in [-0.3, -0.25) is 4.89 Å².